The molecule has 4 atom stereocenters. The smallest absolute Gasteiger partial charge is 0.302 e. The van der Waals surface area contributed by atoms with Crippen molar-refractivity contribution in [2.45, 2.75) is 31.5 Å². The summed E-state index contributed by atoms with van der Waals surface area (Å²) in [6.07, 6.45) is 2.18. The second kappa shape index (κ2) is 8.16. The normalized spacial score (nSPS) is 27.5. The Hall–Kier alpha value is -2.59. The van der Waals surface area contributed by atoms with Gasteiger partial charge in [-0.2, -0.15) is 0 Å². The Labute approximate surface area is 183 Å². The fraction of sp³-hybridized carbons (Fsp3) is 0.429. The van der Waals surface area contributed by atoms with Gasteiger partial charge in [0.05, 0.1) is 32.1 Å². The second-order valence-electron chi connectivity index (χ2n) is 7.74. The summed E-state index contributed by atoms with van der Waals surface area (Å²) in [5, 5.41) is 0.271. The molecular weight excluding hydrogens is 424 g/mol. The topological polar surface area (TPSA) is 97.6 Å². The van der Waals surface area contributed by atoms with Crippen LogP contribution in [-0.4, -0.2) is 57.0 Å². The van der Waals surface area contributed by atoms with Crippen LogP contribution >= 0.6 is 11.6 Å². The third-order valence-electron chi connectivity index (χ3n) is 5.67. The van der Waals surface area contributed by atoms with E-state index in [1.165, 1.54) is 13.3 Å². The molecule has 2 aromatic heterocycles. The number of carbonyl (C=O) groups excluding carboxylic acids is 1. The highest BCUT2D eigenvalue weighted by Gasteiger charge is 2.60. The molecule has 2 aliphatic heterocycles. The average Bonchev–Trinajstić information content (AvgIpc) is 3.27. The molecule has 2 saturated heterocycles. The van der Waals surface area contributed by atoms with E-state index in [0.29, 0.717) is 24.4 Å². The van der Waals surface area contributed by atoms with Gasteiger partial charge in [-0.05, 0) is 5.56 Å². The van der Waals surface area contributed by atoms with E-state index in [-0.39, 0.29) is 30.4 Å². The number of hydrogen-bond donors (Lipinski definition) is 0. The van der Waals surface area contributed by atoms with Crippen molar-refractivity contribution < 1.29 is 23.7 Å². The van der Waals surface area contributed by atoms with Crippen molar-refractivity contribution in [3.05, 3.63) is 53.7 Å². The first-order valence-electron chi connectivity index (χ1n) is 9.95. The van der Waals surface area contributed by atoms with Gasteiger partial charge in [0.15, 0.2) is 16.4 Å². The molecule has 0 radical (unpaired) electrons. The van der Waals surface area contributed by atoms with Gasteiger partial charge >= 0.3 is 5.97 Å². The van der Waals surface area contributed by atoms with E-state index in [2.05, 4.69) is 15.0 Å². The van der Waals surface area contributed by atoms with Crippen molar-refractivity contribution >= 4 is 28.7 Å². The zero-order valence-electron chi connectivity index (χ0n) is 16.8. The lowest BCUT2D eigenvalue weighted by molar-refractivity contribution is -0.193. The molecule has 4 heterocycles. The molecule has 31 heavy (non-hydrogen) atoms. The van der Waals surface area contributed by atoms with Crippen molar-refractivity contribution in [1.29, 1.82) is 0 Å². The van der Waals surface area contributed by atoms with Gasteiger partial charge in [0.1, 0.15) is 30.8 Å². The van der Waals surface area contributed by atoms with Crippen LogP contribution in [0.15, 0.2) is 43.0 Å². The first-order chi connectivity index (χ1) is 15.1. The number of aromatic nitrogens is 4. The minimum absolute atomic E-state index is 0.0250. The van der Waals surface area contributed by atoms with Crippen LogP contribution in [-0.2, 0) is 30.3 Å². The van der Waals surface area contributed by atoms with Crippen molar-refractivity contribution in [2.75, 3.05) is 19.8 Å². The summed E-state index contributed by atoms with van der Waals surface area (Å²) in [6, 6.07) is 9.89. The number of imidazole rings is 1. The zero-order valence-corrected chi connectivity index (χ0v) is 17.6. The standard InChI is InChI=1S/C21H21ClN4O5/c1-13(27)30-10-21-9-28-8-15(17(21)29-7-14-5-3-2-4-6-14)20(31-21)26-12-25-16-18(22)23-11-24-19(16)26/h2-6,11-12,15,17,20H,7-10H2,1H3/t15?,17?,20-,21+/m0/s1. The predicted octanol–water partition coefficient (Wildman–Crippen LogP) is 2.54. The average molecular weight is 445 g/mol. The van der Waals surface area contributed by atoms with E-state index in [0.717, 1.165) is 5.56 Å². The molecule has 3 aromatic rings. The molecule has 0 saturated carbocycles. The monoisotopic (exact) mass is 444 g/mol. The maximum absolute atomic E-state index is 11.6. The maximum atomic E-state index is 11.6. The quantitative estimate of drug-likeness (QED) is 0.422. The Kier molecular flexibility index (Phi) is 5.35. The van der Waals surface area contributed by atoms with Gasteiger partial charge in [0.25, 0.3) is 0 Å². The first-order valence-corrected chi connectivity index (χ1v) is 10.3. The van der Waals surface area contributed by atoms with E-state index in [1.807, 2.05) is 34.9 Å². The number of esters is 1. The Bertz CT molecular complexity index is 1090. The fourth-order valence-electron chi connectivity index (χ4n) is 4.28. The van der Waals surface area contributed by atoms with Gasteiger partial charge < -0.3 is 18.9 Å². The summed E-state index contributed by atoms with van der Waals surface area (Å²) in [5.41, 5.74) is 1.15. The van der Waals surface area contributed by atoms with Gasteiger partial charge in [-0.15, -0.1) is 0 Å². The Balaban J connectivity index is 1.49. The summed E-state index contributed by atoms with van der Waals surface area (Å²) in [5.74, 6) is -0.558. The van der Waals surface area contributed by atoms with Crippen LogP contribution in [0.4, 0.5) is 0 Å². The molecule has 2 unspecified atom stereocenters. The number of ether oxygens (including phenoxy) is 4. The van der Waals surface area contributed by atoms with Crippen LogP contribution in [0.5, 0.6) is 0 Å². The van der Waals surface area contributed by atoms with Crippen LogP contribution in [0.2, 0.25) is 5.15 Å². The number of carbonyl (C=O) groups is 1. The van der Waals surface area contributed by atoms with Gasteiger partial charge in [0, 0.05) is 6.92 Å². The van der Waals surface area contributed by atoms with Crippen molar-refractivity contribution in [1.82, 2.24) is 19.5 Å². The van der Waals surface area contributed by atoms with Crippen LogP contribution in [0.1, 0.15) is 18.7 Å². The van der Waals surface area contributed by atoms with Crippen molar-refractivity contribution in [3.8, 4) is 0 Å². The van der Waals surface area contributed by atoms with Crippen LogP contribution in [0.3, 0.4) is 0 Å². The van der Waals surface area contributed by atoms with Crippen molar-refractivity contribution in [3.63, 3.8) is 0 Å². The maximum Gasteiger partial charge on any atom is 0.302 e. The minimum atomic E-state index is -0.943. The molecule has 2 bridgehead atoms. The molecule has 1 aromatic carbocycles. The number of hydrogen-bond acceptors (Lipinski definition) is 8. The molecule has 9 nitrogen and oxygen atoms in total. The first kappa shape index (κ1) is 20.3. The lowest BCUT2D eigenvalue weighted by atomic mass is 9.88. The highest BCUT2D eigenvalue weighted by Crippen LogP contribution is 2.48. The van der Waals surface area contributed by atoms with Gasteiger partial charge in [-0.3, -0.25) is 9.36 Å². The zero-order chi connectivity index (χ0) is 21.4. The molecule has 162 valence electrons. The van der Waals surface area contributed by atoms with Crippen molar-refractivity contribution in [2.24, 2.45) is 5.92 Å². The number of fused-ring (bicyclic) bond motifs is 3. The Morgan fingerprint density at radius 2 is 2.13 bits per heavy atom. The number of nitrogens with zero attached hydrogens (tertiary/aromatic N) is 4. The Morgan fingerprint density at radius 3 is 2.94 bits per heavy atom. The molecule has 2 aliphatic rings. The summed E-state index contributed by atoms with van der Waals surface area (Å²) >= 11 is 6.17. The lowest BCUT2D eigenvalue weighted by Gasteiger charge is -2.37. The van der Waals surface area contributed by atoms with Crippen LogP contribution in [0.25, 0.3) is 11.2 Å². The summed E-state index contributed by atoms with van der Waals surface area (Å²) in [4.78, 5) is 24.2. The van der Waals surface area contributed by atoms with Gasteiger partial charge in [0.2, 0.25) is 0 Å². The number of halogens is 1. The second-order valence-corrected chi connectivity index (χ2v) is 8.10. The molecule has 2 fully saturated rings. The highest BCUT2D eigenvalue weighted by atomic mass is 35.5. The molecule has 5 rings (SSSR count). The summed E-state index contributed by atoms with van der Waals surface area (Å²) in [7, 11) is 0. The lowest BCUT2D eigenvalue weighted by Crippen LogP contribution is -2.54. The Morgan fingerprint density at radius 1 is 1.29 bits per heavy atom. The number of rotatable bonds is 6. The van der Waals surface area contributed by atoms with E-state index in [1.54, 1.807) is 6.33 Å². The van der Waals surface area contributed by atoms with Crippen LogP contribution < -0.4 is 0 Å². The molecular formula is C21H21ClN4O5. The molecule has 0 amide bonds. The third kappa shape index (κ3) is 3.67. The van der Waals surface area contributed by atoms with Gasteiger partial charge in [-0.1, -0.05) is 41.9 Å². The van der Waals surface area contributed by atoms with E-state index >= 15 is 0 Å². The fourth-order valence-corrected chi connectivity index (χ4v) is 4.46. The van der Waals surface area contributed by atoms with E-state index in [9.17, 15) is 4.79 Å². The molecule has 10 heteroatoms. The molecule has 0 aliphatic carbocycles. The van der Waals surface area contributed by atoms with Crippen LogP contribution in [0, 0.1) is 5.92 Å². The largest absolute Gasteiger partial charge is 0.463 e. The SMILES string of the molecule is CC(=O)OC[C@]12COCC(C1OCc1ccccc1)[C@@H](n1cnc3c(Cl)ncnc31)O2. The highest BCUT2D eigenvalue weighted by molar-refractivity contribution is 6.33. The summed E-state index contributed by atoms with van der Waals surface area (Å²) < 4.78 is 25.9. The predicted molar refractivity (Wildman–Crippen MR) is 109 cm³/mol. The minimum Gasteiger partial charge on any atom is -0.463 e. The van der Waals surface area contributed by atoms with E-state index < -0.39 is 17.8 Å². The van der Waals surface area contributed by atoms with Gasteiger partial charge in [-0.25, -0.2) is 15.0 Å². The van der Waals surface area contributed by atoms with E-state index in [4.69, 9.17) is 30.5 Å². The molecule has 0 spiro atoms. The third-order valence-corrected chi connectivity index (χ3v) is 5.94. The number of benzene rings is 1. The summed E-state index contributed by atoms with van der Waals surface area (Å²) in [6.45, 7) is 2.46. The molecule has 0 N–H and O–H groups in total.